The Morgan fingerprint density at radius 3 is 2.77 bits per heavy atom. The number of benzene rings is 2. The van der Waals surface area contributed by atoms with Gasteiger partial charge in [-0.25, -0.2) is 0 Å². The molecule has 1 N–H and O–H groups in total. The number of quaternary nitrogens is 1. The van der Waals surface area contributed by atoms with E-state index in [4.69, 9.17) is 5.10 Å². The lowest BCUT2D eigenvalue weighted by molar-refractivity contribution is -0.818. The second-order valence-electron chi connectivity index (χ2n) is 7.38. The SMILES string of the molecule is CN1CCCc2cc(N(C)/N=C/C3N(C)c4ccccc4[NH+]3C)ccc21. The molecule has 0 radical (unpaired) electrons. The Morgan fingerprint density at radius 2 is 1.96 bits per heavy atom. The minimum absolute atomic E-state index is 0.207. The number of rotatable bonds is 3. The molecule has 2 aromatic rings. The van der Waals surface area contributed by atoms with E-state index in [1.54, 1.807) is 0 Å². The van der Waals surface area contributed by atoms with Crippen LogP contribution in [0, 0.1) is 0 Å². The number of fused-ring (bicyclic) bond motifs is 2. The van der Waals surface area contributed by atoms with E-state index in [9.17, 15) is 0 Å². The topological polar surface area (TPSA) is 26.5 Å². The standard InChI is InChI=1S/C21H27N5/c1-23-13-7-8-16-14-17(11-12-18(16)23)26(4)22-15-21-24(2)19-9-5-6-10-20(19)25(21)3/h5-6,9-12,14-15,21H,7-8,13H2,1-4H3/p+1/b22-15+. The number of hydrazone groups is 1. The lowest BCUT2D eigenvalue weighted by Crippen LogP contribution is -3.08. The van der Waals surface area contributed by atoms with Gasteiger partial charge in [-0.1, -0.05) is 12.1 Å². The fraction of sp³-hybridized carbons (Fsp3) is 0.381. The van der Waals surface area contributed by atoms with E-state index in [-0.39, 0.29) is 6.17 Å². The second kappa shape index (κ2) is 6.65. The van der Waals surface area contributed by atoms with Gasteiger partial charge in [0.05, 0.1) is 12.7 Å². The van der Waals surface area contributed by atoms with Crippen molar-refractivity contribution in [2.75, 3.05) is 49.5 Å². The third kappa shape index (κ3) is 2.82. The molecule has 26 heavy (non-hydrogen) atoms. The average Bonchev–Trinajstić information content (AvgIpc) is 2.90. The van der Waals surface area contributed by atoms with Gasteiger partial charge in [-0.15, -0.1) is 0 Å². The highest BCUT2D eigenvalue weighted by Crippen LogP contribution is 2.30. The van der Waals surface area contributed by atoms with Crippen LogP contribution in [0.2, 0.25) is 0 Å². The molecular weight excluding hydrogens is 322 g/mol. The molecule has 2 unspecified atom stereocenters. The van der Waals surface area contributed by atoms with Crippen molar-refractivity contribution in [2.45, 2.75) is 19.0 Å². The van der Waals surface area contributed by atoms with Gasteiger partial charge in [-0.3, -0.25) is 9.91 Å². The number of aryl methyl sites for hydroxylation is 1. The van der Waals surface area contributed by atoms with Crippen molar-refractivity contribution in [3.05, 3.63) is 48.0 Å². The third-order valence-corrected chi connectivity index (χ3v) is 5.74. The zero-order chi connectivity index (χ0) is 18.3. The summed E-state index contributed by atoms with van der Waals surface area (Å²) in [6, 6.07) is 15.2. The van der Waals surface area contributed by atoms with E-state index in [2.05, 4.69) is 79.6 Å². The first-order chi connectivity index (χ1) is 12.6. The quantitative estimate of drug-likeness (QED) is 0.678. The fourth-order valence-corrected chi connectivity index (χ4v) is 4.13. The van der Waals surface area contributed by atoms with Crippen LogP contribution in [0.1, 0.15) is 12.0 Å². The summed E-state index contributed by atoms with van der Waals surface area (Å²) in [6.07, 6.45) is 4.64. The molecule has 0 fully saturated rings. The van der Waals surface area contributed by atoms with Gasteiger partial charge < -0.3 is 9.80 Å². The molecular formula is C21H28N5+. The summed E-state index contributed by atoms with van der Waals surface area (Å²) >= 11 is 0. The average molecular weight is 350 g/mol. The minimum Gasteiger partial charge on any atom is -0.374 e. The van der Waals surface area contributed by atoms with Gasteiger partial charge in [0, 0.05) is 39.4 Å². The van der Waals surface area contributed by atoms with Gasteiger partial charge in [0.2, 0.25) is 6.17 Å². The van der Waals surface area contributed by atoms with E-state index in [1.807, 2.05) is 12.1 Å². The Bertz CT molecular complexity index is 802. The summed E-state index contributed by atoms with van der Waals surface area (Å²) < 4.78 is 0. The monoisotopic (exact) mass is 350 g/mol. The van der Waals surface area contributed by atoms with E-state index in [0.29, 0.717) is 0 Å². The summed E-state index contributed by atoms with van der Waals surface area (Å²) in [5.41, 5.74) is 6.52. The van der Waals surface area contributed by atoms with Gasteiger partial charge in [0.1, 0.15) is 11.9 Å². The van der Waals surface area contributed by atoms with Crippen LogP contribution in [-0.2, 0) is 6.42 Å². The molecule has 0 aliphatic carbocycles. The van der Waals surface area contributed by atoms with E-state index >= 15 is 0 Å². The molecule has 2 aliphatic heterocycles. The first-order valence-corrected chi connectivity index (χ1v) is 9.34. The van der Waals surface area contributed by atoms with Crippen LogP contribution in [0.3, 0.4) is 0 Å². The highest BCUT2D eigenvalue weighted by atomic mass is 15.5. The summed E-state index contributed by atoms with van der Waals surface area (Å²) in [7, 11) is 8.54. The number of para-hydroxylation sites is 2. The van der Waals surface area contributed by atoms with Crippen molar-refractivity contribution in [3.8, 4) is 0 Å². The molecule has 5 nitrogen and oxygen atoms in total. The highest BCUT2D eigenvalue weighted by Gasteiger charge is 2.34. The zero-order valence-corrected chi connectivity index (χ0v) is 16.1. The predicted molar refractivity (Wildman–Crippen MR) is 110 cm³/mol. The van der Waals surface area contributed by atoms with Crippen LogP contribution < -0.4 is 19.7 Å². The summed E-state index contributed by atoms with van der Waals surface area (Å²) in [5, 5.41) is 6.75. The molecule has 0 bridgehead atoms. The van der Waals surface area contributed by atoms with Gasteiger partial charge in [-0.2, -0.15) is 5.10 Å². The highest BCUT2D eigenvalue weighted by molar-refractivity contribution is 5.77. The minimum atomic E-state index is 0.207. The lowest BCUT2D eigenvalue weighted by atomic mass is 10.0. The molecule has 2 aliphatic rings. The smallest absolute Gasteiger partial charge is 0.206 e. The molecule has 0 saturated carbocycles. The largest absolute Gasteiger partial charge is 0.374 e. The zero-order valence-electron chi connectivity index (χ0n) is 16.1. The first-order valence-electron chi connectivity index (χ1n) is 9.34. The Morgan fingerprint density at radius 1 is 1.15 bits per heavy atom. The number of nitrogens with one attached hydrogen (secondary N) is 1. The van der Waals surface area contributed by atoms with Crippen LogP contribution in [0.5, 0.6) is 0 Å². The maximum Gasteiger partial charge on any atom is 0.206 e. The van der Waals surface area contributed by atoms with Crippen molar-refractivity contribution >= 4 is 29.0 Å². The van der Waals surface area contributed by atoms with Gasteiger partial charge in [0.25, 0.3) is 0 Å². The molecule has 136 valence electrons. The number of anilines is 3. The van der Waals surface area contributed by atoms with Crippen molar-refractivity contribution in [3.63, 3.8) is 0 Å². The molecule has 2 heterocycles. The molecule has 2 atom stereocenters. The number of hydrogen-bond acceptors (Lipinski definition) is 4. The molecule has 4 rings (SSSR count). The van der Waals surface area contributed by atoms with Crippen LogP contribution in [0.15, 0.2) is 47.6 Å². The van der Waals surface area contributed by atoms with E-state index < -0.39 is 0 Å². The van der Waals surface area contributed by atoms with Gasteiger partial charge in [0.15, 0.2) is 5.69 Å². The van der Waals surface area contributed by atoms with E-state index in [0.717, 1.165) is 18.7 Å². The van der Waals surface area contributed by atoms with Crippen molar-refractivity contribution < 1.29 is 4.90 Å². The fourth-order valence-electron chi connectivity index (χ4n) is 4.13. The molecule has 2 aromatic carbocycles. The maximum absolute atomic E-state index is 4.76. The van der Waals surface area contributed by atoms with E-state index in [1.165, 1.54) is 33.9 Å². The molecule has 0 amide bonds. The Kier molecular flexibility index (Phi) is 4.32. The Hall–Kier alpha value is -2.53. The summed E-state index contributed by atoms with van der Waals surface area (Å²) in [4.78, 5) is 5.99. The molecule has 0 spiro atoms. The maximum atomic E-state index is 4.76. The number of hydrogen-bond donors (Lipinski definition) is 1. The van der Waals surface area contributed by atoms with Crippen molar-refractivity contribution in [1.29, 1.82) is 0 Å². The summed E-state index contributed by atoms with van der Waals surface area (Å²) in [5.74, 6) is 0. The van der Waals surface area contributed by atoms with Gasteiger partial charge >= 0.3 is 0 Å². The predicted octanol–water partition coefficient (Wildman–Crippen LogP) is 2.11. The molecule has 0 aromatic heterocycles. The first kappa shape index (κ1) is 16.9. The van der Waals surface area contributed by atoms with Crippen molar-refractivity contribution in [1.82, 2.24) is 0 Å². The summed E-state index contributed by atoms with van der Waals surface area (Å²) in [6.45, 7) is 1.14. The van der Waals surface area contributed by atoms with Crippen LogP contribution in [0.4, 0.5) is 22.7 Å². The second-order valence-corrected chi connectivity index (χ2v) is 7.38. The lowest BCUT2D eigenvalue weighted by Gasteiger charge is -2.28. The Balaban J connectivity index is 1.53. The van der Waals surface area contributed by atoms with Crippen LogP contribution in [0.25, 0.3) is 0 Å². The van der Waals surface area contributed by atoms with Crippen LogP contribution >= 0.6 is 0 Å². The molecule has 5 heteroatoms. The Labute approximate surface area is 156 Å². The normalized spacial score (nSPS) is 21.8. The number of nitrogens with zero attached hydrogens (tertiary/aromatic N) is 4. The molecule has 0 saturated heterocycles. The van der Waals surface area contributed by atoms with Crippen molar-refractivity contribution in [2.24, 2.45) is 5.10 Å². The van der Waals surface area contributed by atoms with Gasteiger partial charge in [-0.05, 0) is 42.7 Å². The van der Waals surface area contributed by atoms with Crippen LogP contribution in [-0.4, -0.2) is 47.1 Å². The third-order valence-electron chi connectivity index (χ3n) is 5.74.